The number of benzene rings is 6. The summed E-state index contributed by atoms with van der Waals surface area (Å²) >= 11 is 0. The molecule has 0 bridgehead atoms. The maximum Gasteiger partial charge on any atom is 0.0863 e. The molecule has 0 aliphatic heterocycles. The molecule has 0 atom stereocenters. The van der Waals surface area contributed by atoms with Crippen LogP contribution in [0, 0.1) is 0 Å². The van der Waals surface area contributed by atoms with Crippen molar-refractivity contribution < 1.29 is 0 Å². The van der Waals surface area contributed by atoms with Crippen molar-refractivity contribution in [2.45, 2.75) is 13.8 Å². The summed E-state index contributed by atoms with van der Waals surface area (Å²) in [5.41, 5.74) is 7.59. The van der Waals surface area contributed by atoms with Crippen LogP contribution in [0.15, 0.2) is 138 Å². The van der Waals surface area contributed by atoms with Gasteiger partial charge in [-0.25, -0.2) is 0 Å². The summed E-state index contributed by atoms with van der Waals surface area (Å²) in [5, 5.41) is 10.9. The summed E-state index contributed by atoms with van der Waals surface area (Å²) in [6.45, 7) is 7.91. The van der Waals surface area contributed by atoms with E-state index in [1.165, 1.54) is 49.0 Å². The predicted molar refractivity (Wildman–Crippen MR) is 171 cm³/mol. The highest BCUT2D eigenvalue weighted by Gasteiger charge is 2.17. The van der Waals surface area contributed by atoms with Crippen LogP contribution in [0.1, 0.15) is 13.8 Å². The van der Waals surface area contributed by atoms with Crippen LogP contribution in [-0.2, 0) is 0 Å². The van der Waals surface area contributed by atoms with Crippen molar-refractivity contribution in [3.8, 4) is 22.3 Å². The molecule has 0 heterocycles. The molecule has 0 aromatic heterocycles. The fraction of sp³-hybridized carbons (Fsp3) is 0.0541. The van der Waals surface area contributed by atoms with Crippen molar-refractivity contribution in [1.29, 1.82) is 0 Å². The van der Waals surface area contributed by atoms with E-state index in [2.05, 4.69) is 126 Å². The Kier molecular flexibility index (Phi) is 6.52. The third-order valence-corrected chi connectivity index (χ3v) is 7.36. The van der Waals surface area contributed by atoms with Gasteiger partial charge in [-0.15, -0.1) is 0 Å². The number of rotatable bonds is 6. The van der Waals surface area contributed by atoms with E-state index in [-0.39, 0.29) is 0 Å². The van der Waals surface area contributed by atoms with Gasteiger partial charge in [0.15, 0.2) is 0 Å². The molecule has 39 heavy (non-hydrogen) atoms. The molecule has 0 spiro atoms. The van der Waals surface area contributed by atoms with Gasteiger partial charge in [0.25, 0.3) is 0 Å². The van der Waals surface area contributed by atoms with E-state index in [0.717, 1.165) is 22.6 Å². The molecule has 0 aliphatic rings. The standard InChI is InChI=1S/C37H30N2/c1-4-12-29(5-2)39-34-22-21-28(24-35(34)38-3)37-32-17-10-8-15-30(32)36(31-16-9-11-18-33(31)37)27-20-19-25-13-6-7-14-26(25)23-27/h4-24,39H,3H2,1-2H3/b12-4-,29-5+. The quantitative estimate of drug-likeness (QED) is 0.137. The monoisotopic (exact) mass is 502 g/mol. The van der Waals surface area contributed by atoms with Gasteiger partial charge in [0, 0.05) is 5.70 Å². The summed E-state index contributed by atoms with van der Waals surface area (Å²) in [7, 11) is 0. The molecule has 2 nitrogen and oxygen atoms in total. The van der Waals surface area contributed by atoms with Crippen molar-refractivity contribution in [1.82, 2.24) is 0 Å². The van der Waals surface area contributed by atoms with Crippen molar-refractivity contribution in [2.75, 3.05) is 5.32 Å². The first-order valence-corrected chi connectivity index (χ1v) is 13.3. The molecule has 0 aliphatic carbocycles. The molecule has 1 N–H and O–H groups in total. The highest BCUT2D eigenvalue weighted by molar-refractivity contribution is 6.21. The van der Waals surface area contributed by atoms with Crippen molar-refractivity contribution in [3.63, 3.8) is 0 Å². The first kappa shape index (κ1) is 24.4. The van der Waals surface area contributed by atoms with Gasteiger partial charge in [0.05, 0.1) is 11.4 Å². The number of fused-ring (bicyclic) bond motifs is 3. The fourth-order valence-corrected chi connectivity index (χ4v) is 5.56. The molecule has 0 fully saturated rings. The van der Waals surface area contributed by atoms with E-state index in [0.29, 0.717) is 0 Å². The van der Waals surface area contributed by atoms with Crippen LogP contribution in [-0.4, -0.2) is 6.72 Å². The van der Waals surface area contributed by atoms with Gasteiger partial charge in [-0.05, 0) is 99.4 Å². The van der Waals surface area contributed by atoms with Crippen LogP contribution in [0.2, 0.25) is 0 Å². The number of hydrogen-bond donors (Lipinski definition) is 1. The van der Waals surface area contributed by atoms with Gasteiger partial charge in [-0.1, -0.05) is 103 Å². The smallest absolute Gasteiger partial charge is 0.0863 e. The van der Waals surface area contributed by atoms with Crippen molar-refractivity contribution >= 4 is 50.4 Å². The minimum atomic E-state index is 0.822. The lowest BCUT2D eigenvalue weighted by molar-refractivity contribution is 1.41. The van der Waals surface area contributed by atoms with Gasteiger partial charge >= 0.3 is 0 Å². The van der Waals surface area contributed by atoms with Gasteiger partial charge in [-0.2, -0.15) is 0 Å². The Morgan fingerprint density at radius 3 is 1.74 bits per heavy atom. The minimum absolute atomic E-state index is 0.822. The third kappa shape index (κ3) is 4.41. The van der Waals surface area contributed by atoms with E-state index in [4.69, 9.17) is 0 Å². The van der Waals surface area contributed by atoms with E-state index in [1.54, 1.807) is 0 Å². The van der Waals surface area contributed by atoms with E-state index in [1.807, 2.05) is 32.1 Å². The first-order valence-electron chi connectivity index (χ1n) is 13.3. The molecule has 0 amide bonds. The Bertz CT molecular complexity index is 1870. The second kappa shape index (κ2) is 10.4. The highest BCUT2D eigenvalue weighted by Crippen LogP contribution is 2.45. The number of anilines is 1. The normalized spacial score (nSPS) is 12.0. The Balaban J connectivity index is 1.61. The van der Waals surface area contributed by atoms with E-state index < -0.39 is 0 Å². The Labute approximate surface area is 229 Å². The summed E-state index contributed by atoms with van der Waals surface area (Å²) in [4.78, 5) is 4.39. The Morgan fingerprint density at radius 1 is 0.641 bits per heavy atom. The first-order chi connectivity index (χ1) is 19.2. The molecule has 6 aromatic rings. The summed E-state index contributed by atoms with van der Waals surface area (Å²) < 4.78 is 0. The third-order valence-electron chi connectivity index (χ3n) is 7.36. The average Bonchev–Trinajstić information content (AvgIpc) is 2.99. The lowest BCUT2D eigenvalue weighted by Crippen LogP contribution is -1.97. The van der Waals surface area contributed by atoms with Gasteiger partial charge < -0.3 is 5.32 Å². The van der Waals surface area contributed by atoms with Crippen LogP contribution in [0.25, 0.3) is 54.6 Å². The summed E-state index contributed by atoms with van der Waals surface area (Å²) in [6, 6.07) is 39.2. The summed E-state index contributed by atoms with van der Waals surface area (Å²) in [5.74, 6) is 0. The zero-order valence-electron chi connectivity index (χ0n) is 22.3. The topological polar surface area (TPSA) is 24.4 Å². The predicted octanol–water partition coefficient (Wildman–Crippen LogP) is 10.7. The Hall–Kier alpha value is -4.95. The van der Waals surface area contributed by atoms with Crippen LogP contribution in [0.5, 0.6) is 0 Å². The fourth-order valence-electron chi connectivity index (χ4n) is 5.56. The number of allylic oxidation sites excluding steroid dienone is 3. The largest absolute Gasteiger partial charge is 0.354 e. The number of hydrogen-bond acceptors (Lipinski definition) is 2. The van der Waals surface area contributed by atoms with Gasteiger partial charge in [-0.3, -0.25) is 4.99 Å². The zero-order chi connectivity index (χ0) is 26.8. The molecule has 0 saturated heterocycles. The van der Waals surface area contributed by atoms with Crippen LogP contribution in [0.3, 0.4) is 0 Å². The van der Waals surface area contributed by atoms with E-state index >= 15 is 0 Å². The van der Waals surface area contributed by atoms with Crippen LogP contribution < -0.4 is 5.32 Å². The lowest BCUT2D eigenvalue weighted by atomic mass is 9.85. The highest BCUT2D eigenvalue weighted by atomic mass is 14.9. The number of aliphatic imine (C=N–C) groups is 1. The van der Waals surface area contributed by atoms with Crippen molar-refractivity contribution in [2.24, 2.45) is 4.99 Å². The molecule has 188 valence electrons. The average molecular weight is 503 g/mol. The number of nitrogens with one attached hydrogen (secondary N) is 1. The Morgan fingerprint density at radius 2 is 1.18 bits per heavy atom. The minimum Gasteiger partial charge on any atom is -0.354 e. The lowest BCUT2D eigenvalue weighted by Gasteiger charge is -2.19. The number of nitrogens with zero attached hydrogens (tertiary/aromatic N) is 1. The maximum absolute atomic E-state index is 4.39. The summed E-state index contributed by atoms with van der Waals surface area (Å²) in [6.07, 6.45) is 6.12. The van der Waals surface area contributed by atoms with Gasteiger partial charge in [0.1, 0.15) is 0 Å². The van der Waals surface area contributed by atoms with Crippen molar-refractivity contribution in [3.05, 3.63) is 133 Å². The molecule has 6 aromatic carbocycles. The molecule has 6 rings (SSSR count). The molecular weight excluding hydrogens is 472 g/mol. The van der Waals surface area contributed by atoms with Crippen LogP contribution >= 0.6 is 0 Å². The van der Waals surface area contributed by atoms with Crippen LogP contribution in [0.4, 0.5) is 11.4 Å². The molecular formula is C37H30N2. The molecule has 0 saturated carbocycles. The molecule has 2 heteroatoms. The second-order valence-corrected chi connectivity index (χ2v) is 9.66. The second-order valence-electron chi connectivity index (χ2n) is 9.66. The zero-order valence-corrected chi connectivity index (χ0v) is 22.3. The van der Waals surface area contributed by atoms with Gasteiger partial charge in [0.2, 0.25) is 0 Å². The maximum atomic E-state index is 4.39. The molecule has 0 radical (unpaired) electrons. The molecule has 0 unspecified atom stereocenters. The SMILES string of the molecule is C=Nc1cc(-c2c3ccccc3c(-c3ccc4ccccc4c3)c3ccccc23)ccc1NC(/C=C\C)=C/C. The van der Waals surface area contributed by atoms with E-state index in [9.17, 15) is 0 Å².